The van der Waals surface area contributed by atoms with Gasteiger partial charge in [-0.15, -0.1) is 0 Å². The van der Waals surface area contributed by atoms with Crippen molar-refractivity contribution >= 4 is 11.8 Å². The van der Waals surface area contributed by atoms with Crippen LogP contribution in [0.3, 0.4) is 0 Å². The molecule has 1 aliphatic carbocycles. The van der Waals surface area contributed by atoms with Gasteiger partial charge in [0, 0.05) is 25.6 Å². The van der Waals surface area contributed by atoms with Crippen LogP contribution in [0.15, 0.2) is 18.3 Å². The summed E-state index contributed by atoms with van der Waals surface area (Å²) >= 11 is 0. The number of amides is 1. The smallest absolute Gasteiger partial charge is 0.232 e. The van der Waals surface area contributed by atoms with Crippen LogP contribution in [0.25, 0.3) is 0 Å². The van der Waals surface area contributed by atoms with E-state index < -0.39 is 0 Å². The second-order valence-electron chi connectivity index (χ2n) is 5.21. The van der Waals surface area contributed by atoms with E-state index in [9.17, 15) is 9.59 Å². The number of aromatic nitrogens is 1. The maximum absolute atomic E-state index is 11.7. The molecule has 0 bridgehead atoms. The van der Waals surface area contributed by atoms with Crippen molar-refractivity contribution in [3.8, 4) is 0 Å². The van der Waals surface area contributed by atoms with Crippen molar-refractivity contribution in [1.29, 1.82) is 0 Å². The van der Waals surface area contributed by atoms with E-state index in [1.165, 1.54) is 36.7 Å². The van der Waals surface area contributed by atoms with Gasteiger partial charge in [0.05, 0.1) is 6.20 Å². The van der Waals surface area contributed by atoms with Crippen LogP contribution in [0.2, 0.25) is 0 Å². The van der Waals surface area contributed by atoms with E-state index in [1.54, 1.807) is 18.3 Å². The molecule has 0 spiro atoms. The van der Waals surface area contributed by atoms with Gasteiger partial charge in [0.1, 0.15) is 0 Å². The van der Waals surface area contributed by atoms with E-state index in [0.717, 1.165) is 0 Å². The molecule has 0 saturated heterocycles. The molecule has 103 valence electrons. The van der Waals surface area contributed by atoms with Crippen LogP contribution >= 0.6 is 0 Å². The van der Waals surface area contributed by atoms with Crippen molar-refractivity contribution < 1.29 is 9.59 Å². The Bertz CT molecular complexity index is 406. The molecule has 1 saturated carbocycles. The largest absolute Gasteiger partial charge is 0.356 e. The summed E-state index contributed by atoms with van der Waals surface area (Å²) in [7, 11) is 0. The minimum Gasteiger partial charge on any atom is -0.356 e. The third-order valence-electron chi connectivity index (χ3n) is 3.67. The van der Waals surface area contributed by atoms with Gasteiger partial charge in [-0.05, 0) is 30.9 Å². The molecule has 0 aliphatic heterocycles. The van der Waals surface area contributed by atoms with Gasteiger partial charge in [0.25, 0.3) is 0 Å². The molecule has 0 unspecified atom stereocenters. The number of hydrogen-bond acceptors (Lipinski definition) is 2. The zero-order valence-corrected chi connectivity index (χ0v) is 11.2. The fourth-order valence-corrected chi connectivity index (χ4v) is 2.61. The number of hydrogen-bond donors (Lipinski definition) is 1. The number of nitrogens with one attached hydrogen (secondary N) is 1. The standard InChI is InChI=1S/C15H21N2O2/c18-14(12-13-6-2-1-3-7-13)16-9-8-15(19)17-10-4-5-11-17/h4-5,10,13H,1-3,6-9,12H2,(H,16,18). The Morgan fingerprint density at radius 2 is 2.05 bits per heavy atom. The predicted molar refractivity (Wildman–Crippen MR) is 72.7 cm³/mol. The zero-order chi connectivity index (χ0) is 13.5. The predicted octanol–water partition coefficient (Wildman–Crippen LogP) is 2.41. The van der Waals surface area contributed by atoms with Crippen molar-refractivity contribution in [1.82, 2.24) is 9.88 Å². The zero-order valence-electron chi connectivity index (χ0n) is 11.2. The molecule has 0 aromatic carbocycles. The average Bonchev–Trinajstić information content (AvgIpc) is 2.93. The van der Waals surface area contributed by atoms with E-state index in [2.05, 4.69) is 11.5 Å². The molecule has 1 N–H and O–H groups in total. The fourth-order valence-electron chi connectivity index (χ4n) is 2.61. The van der Waals surface area contributed by atoms with Crippen molar-refractivity contribution in [2.45, 2.75) is 44.9 Å². The SMILES string of the molecule is O=C(CC1CCCCC1)NCCC(=O)n1[c]ccc1. The highest BCUT2D eigenvalue weighted by Crippen LogP contribution is 2.25. The van der Waals surface area contributed by atoms with Gasteiger partial charge in [-0.1, -0.05) is 19.3 Å². The molecule has 19 heavy (non-hydrogen) atoms. The summed E-state index contributed by atoms with van der Waals surface area (Å²) < 4.78 is 1.42. The maximum Gasteiger partial charge on any atom is 0.232 e. The summed E-state index contributed by atoms with van der Waals surface area (Å²) in [4.78, 5) is 23.4. The first-order valence-corrected chi connectivity index (χ1v) is 7.10. The van der Waals surface area contributed by atoms with E-state index in [1.807, 2.05) is 0 Å². The molecule has 1 radical (unpaired) electrons. The van der Waals surface area contributed by atoms with Crippen molar-refractivity contribution in [3.05, 3.63) is 24.5 Å². The highest BCUT2D eigenvalue weighted by Gasteiger charge is 2.16. The van der Waals surface area contributed by atoms with Crippen LogP contribution in [-0.2, 0) is 4.79 Å². The first-order valence-electron chi connectivity index (χ1n) is 7.10. The molecule has 2 rings (SSSR count). The van der Waals surface area contributed by atoms with Gasteiger partial charge in [-0.3, -0.25) is 14.2 Å². The highest BCUT2D eigenvalue weighted by atomic mass is 16.2. The molecule has 1 aliphatic rings. The Morgan fingerprint density at radius 3 is 2.74 bits per heavy atom. The first-order chi connectivity index (χ1) is 9.25. The Kier molecular flexibility index (Phi) is 5.19. The summed E-state index contributed by atoms with van der Waals surface area (Å²) in [6, 6.07) is 3.46. The topological polar surface area (TPSA) is 51.1 Å². The van der Waals surface area contributed by atoms with Crippen LogP contribution in [0.5, 0.6) is 0 Å². The van der Waals surface area contributed by atoms with Crippen molar-refractivity contribution in [2.24, 2.45) is 5.92 Å². The van der Waals surface area contributed by atoms with Gasteiger partial charge >= 0.3 is 0 Å². The number of rotatable bonds is 5. The third-order valence-corrected chi connectivity index (χ3v) is 3.67. The summed E-state index contributed by atoms with van der Waals surface area (Å²) in [6.45, 7) is 0.413. The number of carbonyl (C=O) groups excluding carboxylic acids is 2. The molecule has 4 heteroatoms. The molecular formula is C15H21N2O2. The molecule has 1 fully saturated rings. The van der Waals surface area contributed by atoms with Crippen molar-refractivity contribution in [3.63, 3.8) is 0 Å². The lowest BCUT2D eigenvalue weighted by molar-refractivity contribution is -0.122. The minimum atomic E-state index is -0.0389. The summed E-state index contributed by atoms with van der Waals surface area (Å²) in [5.74, 6) is 0.585. The van der Waals surface area contributed by atoms with Gasteiger partial charge in [-0.2, -0.15) is 0 Å². The van der Waals surface area contributed by atoms with Crippen LogP contribution in [0.4, 0.5) is 0 Å². The van der Waals surface area contributed by atoms with Crippen LogP contribution in [-0.4, -0.2) is 22.9 Å². The van der Waals surface area contributed by atoms with E-state index in [-0.39, 0.29) is 11.8 Å². The lowest BCUT2D eigenvalue weighted by atomic mass is 9.87. The second kappa shape index (κ2) is 7.12. The van der Waals surface area contributed by atoms with Crippen LogP contribution in [0.1, 0.15) is 49.7 Å². The van der Waals surface area contributed by atoms with E-state index >= 15 is 0 Å². The Hall–Kier alpha value is -1.58. The van der Waals surface area contributed by atoms with Crippen LogP contribution in [0, 0.1) is 12.1 Å². The minimum absolute atomic E-state index is 0.0389. The third kappa shape index (κ3) is 4.54. The average molecular weight is 261 g/mol. The molecule has 4 nitrogen and oxygen atoms in total. The van der Waals surface area contributed by atoms with Gasteiger partial charge in [-0.25, -0.2) is 0 Å². The first kappa shape index (κ1) is 13.8. The Balaban J connectivity index is 1.62. The molecule has 1 heterocycles. The monoisotopic (exact) mass is 261 g/mol. The fraction of sp³-hybridized carbons (Fsp3) is 0.600. The summed E-state index contributed by atoms with van der Waals surface area (Å²) in [6.07, 6.45) is 11.6. The van der Waals surface area contributed by atoms with Gasteiger partial charge < -0.3 is 5.32 Å². The molecule has 1 amide bonds. The summed E-state index contributed by atoms with van der Waals surface area (Å²) in [5, 5.41) is 2.84. The molecule has 0 atom stereocenters. The molecule has 1 aromatic heterocycles. The lowest BCUT2D eigenvalue weighted by Gasteiger charge is -2.20. The molecular weight excluding hydrogens is 240 g/mol. The maximum atomic E-state index is 11.7. The van der Waals surface area contributed by atoms with E-state index in [4.69, 9.17) is 0 Å². The van der Waals surface area contributed by atoms with Crippen molar-refractivity contribution in [2.75, 3.05) is 6.54 Å². The summed E-state index contributed by atoms with van der Waals surface area (Å²) in [5.41, 5.74) is 0. The Labute approximate surface area is 114 Å². The highest BCUT2D eigenvalue weighted by molar-refractivity contribution is 5.80. The second-order valence-corrected chi connectivity index (χ2v) is 5.21. The van der Waals surface area contributed by atoms with Crippen LogP contribution < -0.4 is 5.32 Å². The van der Waals surface area contributed by atoms with Gasteiger partial charge in [0.2, 0.25) is 11.8 Å². The molecule has 1 aromatic rings. The normalized spacial score (nSPS) is 16.2. The number of carbonyl (C=O) groups is 2. The number of nitrogens with zero attached hydrogens (tertiary/aromatic N) is 1. The van der Waals surface area contributed by atoms with Gasteiger partial charge in [0.15, 0.2) is 0 Å². The van der Waals surface area contributed by atoms with E-state index in [0.29, 0.717) is 25.3 Å². The lowest BCUT2D eigenvalue weighted by Crippen LogP contribution is -2.29. The quantitative estimate of drug-likeness (QED) is 0.885. The Morgan fingerprint density at radius 1 is 1.26 bits per heavy atom.